The van der Waals surface area contributed by atoms with Crippen LogP contribution in [0.1, 0.15) is 36.0 Å². The van der Waals surface area contributed by atoms with Gasteiger partial charge in [0.05, 0.1) is 11.3 Å². The molecule has 0 atom stereocenters. The Balaban J connectivity index is 1.34. The summed E-state index contributed by atoms with van der Waals surface area (Å²) in [5, 5.41) is 6.70. The van der Waals surface area contributed by atoms with Crippen LogP contribution in [-0.2, 0) is 11.3 Å². The number of nitrogens with zero attached hydrogens (tertiary/aromatic N) is 1. The minimum atomic E-state index is -0.0896. The number of piperidine rings is 1. The molecule has 0 aliphatic carbocycles. The summed E-state index contributed by atoms with van der Waals surface area (Å²) in [6.07, 6.45) is 3.94. The van der Waals surface area contributed by atoms with Gasteiger partial charge in [0.2, 0.25) is 0 Å². The lowest BCUT2D eigenvalue weighted by Crippen LogP contribution is -2.29. The number of fused-ring (bicyclic) bond motifs is 1. The van der Waals surface area contributed by atoms with Crippen LogP contribution < -0.4 is 10.6 Å². The van der Waals surface area contributed by atoms with Crippen molar-refractivity contribution in [2.45, 2.75) is 25.8 Å². The van der Waals surface area contributed by atoms with Crippen molar-refractivity contribution in [2.24, 2.45) is 0 Å². The topological polar surface area (TPSA) is 44.4 Å². The van der Waals surface area contributed by atoms with Crippen LogP contribution in [-0.4, -0.2) is 23.9 Å². The fourth-order valence-electron chi connectivity index (χ4n) is 5.33. The van der Waals surface area contributed by atoms with Crippen LogP contribution >= 0.6 is 0 Å². The third-order valence-corrected chi connectivity index (χ3v) is 7.26. The maximum Gasteiger partial charge on any atom is 0.258 e. The lowest BCUT2D eigenvalue weighted by molar-refractivity contribution is -0.110. The van der Waals surface area contributed by atoms with Crippen molar-refractivity contribution < 1.29 is 4.79 Å². The number of hydrogen-bond acceptors (Lipinski definition) is 3. The average Bonchev–Trinajstić information content (AvgIpc) is 3.29. The first-order valence-electron chi connectivity index (χ1n) is 13.1. The van der Waals surface area contributed by atoms with Crippen LogP contribution in [0.2, 0.25) is 0 Å². The van der Waals surface area contributed by atoms with E-state index in [0.29, 0.717) is 5.57 Å². The molecule has 1 amide bonds. The smallest absolute Gasteiger partial charge is 0.258 e. The van der Waals surface area contributed by atoms with Gasteiger partial charge < -0.3 is 10.6 Å². The summed E-state index contributed by atoms with van der Waals surface area (Å²) in [5.74, 6) is -0.0896. The van der Waals surface area contributed by atoms with E-state index in [0.717, 1.165) is 45.9 Å². The van der Waals surface area contributed by atoms with Gasteiger partial charge in [-0.15, -0.1) is 0 Å². The Bertz CT molecular complexity index is 1420. The number of nitrogens with one attached hydrogen (secondary N) is 2. The lowest BCUT2D eigenvalue weighted by Gasteiger charge is -2.26. The first-order valence-corrected chi connectivity index (χ1v) is 13.1. The first-order chi connectivity index (χ1) is 18.2. The number of benzene rings is 4. The van der Waals surface area contributed by atoms with E-state index in [-0.39, 0.29) is 5.91 Å². The van der Waals surface area contributed by atoms with Crippen LogP contribution in [0.5, 0.6) is 0 Å². The summed E-state index contributed by atoms with van der Waals surface area (Å²) in [6.45, 7) is 3.36. The summed E-state index contributed by atoms with van der Waals surface area (Å²) in [7, 11) is 0. The average molecular weight is 486 g/mol. The number of amides is 1. The number of likely N-dealkylation sites (tertiary alicyclic amines) is 1. The molecule has 0 saturated carbocycles. The molecule has 0 radical (unpaired) electrons. The Morgan fingerprint density at radius 2 is 1.46 bits per heavy atom. The lowest BCUT2D eigenvalue weighted by atomic mass is 9.97. The van der Waals surface area contributed by atoms with Gasteiger partial charge in [0.15, 0.2) is 0 Å². The van der Waals surface area contributed by atoms with Gasteiger partial charge in [-0.2, -0.15) is 0 Å². The summed E-state index contributed by atoms with van der Waals surface area (Å²) >= 11 is 0. The maximum atomic E-state index is 13.3. The van der Waals surface area contributed by atoms with Gasteiger partial charge >= 0.3 is 0 Å². The second-order valence-corrected chi connectivity index (χ2v) is 9.86. The molecule has 1 saturated heterocycles. The van der Waals surface area contributed by atoms with E-state index < -0.39 is 0 Å². The minimum Gasteiger partial charge on any atom is -0.354 e. The van der Waals surface area contributed by atoms with E-state index in [1.165, 1.54) is 37.9 Å². The van der Waals surface area contributed by atoms with Crippen LogP contribution in [0, 0.1) is 0 Å². The van der Waals surface area contributed by atoms with Crippen molar-refractivity contribution in [1.82, 2.24) is 4.90 Å². The third kappa shape index (κ3) is 5.07. The van der Waals surface area contributed by atoms with Gasteiger partial charge in [-0.3, -0.25) is 9.69 Å². The van der Waals surface area contributed by atoms with E-state index in [4.69, 9.17) is 0 Å². The van der Waals surface area contributed by atoms with Crippen LogP contribution in [0.3, 0.4) is 0 Å². The molecule has 2 heterocycles. The van der Waals surface area contributed by atoms with Crippen molar-refractivity contribution in [3.63, 3.8) is 0 Å². The van der Waals surface area contributed by atoms with Crippen molar-refractivity contribution in [1.29, 1.82) is 0 Å². The second-order valence-electron chi connectivity index (χ2n) is 9.86. The molecule has 0 aromatic heterocycles. The molecule has 6 rings (SSSR count). The monoisotopic (exact) mass is 485 g/mol. The molecule has 2 aliphatic rings. The summed E-state index contributed by atoms with van der Waals surface area (Å²) in [4.78, 5) is 15.9. The fourth-order valence-corrected chi connectivity index (χ4v) is 5.33. The molecule has 4 aromatic carbocycles. The Morgan fingerprint density at radius 1 is 0.757 bits per heavy atom. The molecule has 0 bridgehead atoms. The van der Waals surface area contributed by atoms with Gasteiger partial charge in [0.1, 0.15) is 0 Å². The van der Waals surface area contributed by atoms with Crippen molar-refractivity contribution in [2.75, 3.05) is 23.7 Å². The highest BCUT2D eigenvalue weighted by atomic mass is 16.2. The van der Waals surface area contributed by atoms with E-state index in [9.17, 15) is 4.79 Å². The van der Waals surface area contributed by atoms with E-state index in [1.807, 2.05) is 48.5 Å². The van der Waals surface area contributed by atoms with E-state index in [1.54, 1.807) is 0 Å². The zero-order valence-electron chi connectivity index (χ0n) is 20.9. The Labute approximate surface area is 218 Å². The van der Waals surface area contributed by atoms with Gasteiger partial charge in [0.25, 0.3) is 5.91 Å². The van der Waals surface area contributed by atoms with Crippen LogP contribution in [0.4, 0.5) is 11.4 Å². The minimum absolute atomic E-state index is 0.0896. The zero-order valence-corrected chi connectivity index (χ0v) is 20.9. The number of carbonyl (C=O) groups is 1. The predicted molar refractivity (Wildman–Crippen MR) is 153 cm³/mol. The number of carbonyl (C=O) groups excluding carboxylic acids is 1. The first kappa shape index (κ1) is 23.3. The molecule has 184 valence electrons. The summed E-state index contributed by atoms with van der Waals surface area (Å²) in [6, 6.07) is 35.2. The number of rotatable bonds is 6. The SMILES string of the molecule is O=C1Nc2cc(-c3ccccc3)ccc2C1=C(Nc1ccc(CN2CCCCC2)cc1)c1ccccc1. The van der Waals surface area contributed by atoms with Crippen LogP contribution in [0.15, 0.2) is 103 Å². The fraction of sp³-hybridized carbons (Fsp3) is 0.182. The molecule has 4 aromatic rings. The Morgan fingerprint density at radius 3 is 2.19 bits per heavy atom. The van der Waals surface area contributed by atoms with Crippen molar-refractivity contribution >= 4 is 28.6 Å². The number of anilines is 2. The standard InChI is InChI=1S/C33H31N3O/c37-33-31(29-19-16-27(22-30(29)35-33)25-10-4-1-5-11-25)32(26-12-6-2-7-13-26)34-28-17-14-24(15-18-28)23-36-20-8-3-9-21-36/h1-2,4-7,10-19,22,34H,3,8-9,20-21,23H2,(H,35,37). The van der Waals surface area contributed by atoms with Crippen molar-refractivity contribution in [3.05, 3.63) is 120 Å². The molecule has 0 spiro atoms. The Hall–Kier alpha value is -4.15. The van der Waals surface area contributed by atoms with E-state index >= 15 is 0 Å². The molecule has 2 N–H and O–H groups in total. The quantitative estimate of drug-likeness (QED) is 0.282. The molecule has 2 aliphatic heterocycles. The van der Waals surface area contributed by atoms with Crippen molar-refractivity contribution in [3.8, 4) is 11.1 Å². The van der Waals surface area contributed by atoms with Gasteiger partial charge in [-0.25, -0.2) is 0 Å². The molecule has 1 fully saturated rings. The molecule has 37 heavy (non-hydrogen) atoms. The highest BCUT2D eigenvalue weighted by Crippen LogP contribution is 2.39. The number of hydrogen-bond donors (Lipinski definition) is 2. The molecule has 4 heteroatoms. The highest BCUT2D eigenvalue weighted by molar-refractivity contribution is 6.37. The summed E-state index contributed by atoms with van der Waals surface area (Å²) < 4.78 is 0. The molecular weight excluding hydrogens is 454 g/mol. The summed E-state index contributed by atoms with van der Waals surface area (Å²) in [5.41, 5.74) is 8.71. The molecule has 4 nitrogen and oxygen atoms in total. The Kier molecular flexibility index (Phi) is 6.57. The maximum absolute atomic E-state index is 13.3. The van der Waals surface area contributed by atoms with E-state index in [2.05, 4.69) is 70.1 Å². The largest absolute Gasteiger partial charge is 0.354 e. The molecular formula is C33H31N3O. The normalized spacial score (nSPS) is 16.7. The highest BCUT2D eigenvalue weighted by Gasteiger charge is 2.28. The van der Waals surface area contributed by atoms with Gasteiger partial charge in [-0.1, -0.05) is 91.3 Å². The third-order valence-electron chi connectivity index (χ3n) is 7.26. The predicted octanol–water partition coefficient (Wildman–Crippen LogP) is 7.27. The second kappa shape index (κ2) is 10.5. The zero-order chi connectivity index (χ0) is 25.0. The van der Waals surface area contributed by atoms with Gasteiger partial charge in [0, 0.05) is 23.5 Å². The van der Waals surface area contributed by atoms with Gasteiger partial charge in [-0.05, 0) is 66.4 Å². The molecule has 0 unspecified atom stereocenters. The van der Waals surface area contributed by atoms with Crippen LogP contribution in [0.25, 0.3) is 22.4 Å².